The summed E-state index contributed by atoms with van der Waals surface area (Å²) in [5, 5.41) is 3.23. The van der Waals surface area contributed by atoms with Crippen LogP contribution >= 0.6 is 0 Å². The molecule has 1 saturated carbocycles. The SMILES string of the molecule is CCNc1cncc(OC2CCCC2)c1. The molecule has 2 rings (SSSR count). The van der Waals surface area contributed by atoms with Crippen molar-refractivity contribution in [1.82, 2.24) is 4.98 Å². The predicted molar refractivity (Wildman–Crippen MR) is 61.3 cm³/mol. The summed E-state index contributed by atoms with van der Waals surface area (Å²) in [5.74, 6) is 0.889. The van der Waals surface area contributed by atoms with Crippen LogP contribution in [-0.4, -0.2) is 17.6 Å². The molecule has 0 bridgehead atoms. The Morgan fingerprint density at radius 2 is 2.20 bits per heavy atom. The fraction of sp³-hybridized carbons (Fsp3) is 0.583. The van der Waals surface area contributed by atoms with E-state index in [0.717, 1.165) is 18.0 Å². The summed E-state index contributed by atoms with van der Waals surface area (Å²) in [5.41, 5.74) is 1.04. The Labute approximate surface area is 90.9 Å². The number of hydrogen-bond acceptors (Lipinski definition) is 3. The predicted octanol–water partition coefficient (Wildman–Crippen LogP) is 2.83. The molecule has 0 unspecified atom stereocenters. The van der Waals surface area contributed by atoms with E-state index in [0.29, 0.717) is 6.10 Å². The lowest BCUT2D eigenvalue weighted by atomic mass is 10.3. The van der Waals surface area contributed by atoms with E-state index in [1.807, 2.05) is 12.3 Å². The van der Waals surface area contributed by atoms with E-state index in [1.54, 1.807) is 6.20 Å². The van der Waals surface area contributed by atoms with E-state index >= 15 is 0 Å². The Morgan fingerprint density at radius 1 is 1.40 bits per heavy atom. The Balaban J connectivity index is 1.97. The van der Waals surface area contributed by atoms with Crippen LogP contribution in [0.5, 0.6) is 5.75 Å². The van der Waals surface area contributed by atoms with Gasteiger partial charge in [0.05, 0.1) is 24.2 Å². The van der Waals surface area contributed by atoms with Crippen molar-refractivity contribution in [2.24, 2.45) is 0 Å². The van der Waals surface area contributed by atoms with E-state index in [2.05, 4.69) is 17.2 Å². The number of aromatic nitrogens is 1. The first kappa shape index (κ1) is 10.3. The fourth-order valence-electron chi connectivity index (χ4n) is 1.98. The molecule has 0 aromatic carbocycles. The van der Waals surface area contributed by atoms with Gasteiger partial charge < -0.3 is 10.1 Å². The monoisotopic (exact) mass is 206 g/mol. The van der Waals surface area contributed by atoms with Crippen LogP contribution < -0.4 is 10.1 Å². The maximum atomic E-state index is 5.86. The average molecular weight is 206 g/mol. The molecule has 0 spiro atoms. The smallest absolute Gasteiger partial charge is 0.140 e. The van der Waals surface area contributed by atoms with Crippen molar-refractivity contribution in [2.45, 2.75) is 38.7 Å². The van der Waals surface area contributed by atoms with Crippen LogP contribution in [0.25, 0.3) is 0 Å². The molecule has 1 aliphatic rings. The summed E-state index contributed by atoms with van der Waals surface area (Å²) in [4.78, 5) is 4.16. The molecule has 3 heteroatoms. The Morgan fingerprint density at radius 3 is 2.93 bits per heavy atom. The number of nitrogens with one attached hydrogen (secondary N) is 1. The zero-order valence-corrected chi connectivity index (χ0v) is 9.20. The van der Waals surface area contributed by atoms with Crippen LogP contribution in [0.2, 0.25) is 0 Å². The van der Waals surface area contributed by atoms with Gasteiger partial charge in [-0.25, -0.2) is 0 Å². The van der Waals surface area contributed by atoms with Crippen molar-refractivity contribution in [3.05, 3.63) is 18.5 Å². The topological polar surface area (TPSA) is 34.2 Å². The van der Waals surface area contributed by atoms with Gasteiger partial charge in [0.15, 0.2) is 0 Å². The molecule has 1 aromatic rings. The summed E-state index contributed by atoms with van der Waals surface area (Å²) in [6.07, 6.45) is 8.99. The third kappa shape index (κ3) is 2.85. The molecule has 0 aliphatic heterocycles. The number of rotatable bonds is 4. The normalized spacial score (nSPS) is 16.6. The lowest BCUT2D eigenvalue weighted by Crippen LogP contribution is -2.11. The Hall–Kier alpha value is -1.25. The van der Waals surface area contributed by atoms with Gasteiger partial charge in [0.25, 0.3) is 0 Å². The number of pyridine rings is 1. The summed E-state index contributed by atoms with van der Waals surface area (Å²) in [7, 11) is 0. The van der Waals surface area contributed by atoms with Crippen LogP contribution in [0.3, 0.4) is 0 Å². The summed E-state index contributed by atoms with van der Waals surface area (Å²) in [6, 6.07) is 2.02. The van der Waals surface area contributed by atoms with Crippen LogP contribution in [0.4, 0.5) is 5.69 Å². The van der Waals surface area contributed by atoms with Crippen LogP contribution in [0.1, 0.15) is 32.6 Å². The number of ether oxygens (including phenoxy) is 1. The number of nitrogens with zero attached hydrogens (tertiary/aromatic N) is 1. The minimum atomic E-state index is 0.406. The third-order valence-electron chi connectivity index (χ3n) is 2.70. The fourth-order valence-corrected chi connectivity index (χ4v) is 1.98. The molecule has 15 heavy (non-hydrogen) atoms. The lowest BCUT2D eigenvalue weighted by molar-refractivity contribution is 0.209. The van der Waals surface area contributed by atoms with Gasteiger partial charge in [0.1, 0.15) is 5.75 Å². The number of anilines is 1. The Kier molecular flexibility index (Phi) is 3.43. The molecule has 1 aliphatic carbocycles. The second kappa shape index (κ2) is 5.01. The van der Waals surface area contributed by atoms with Crippen molar-refractivity contribution < 1.29 is 4.74 Å². The molecule has 3 nitrogen and oxygen atoms in total. The van der Waals surface area contributed by atoms with Gasteiger partial charge in [-0.1, -0.05) is 0 Å². The summed E-state index contributed by atoms with van der Waals surface area (Å²) < 4.78 is 5.86. The minimum absolute atomic E-state index is 0.406. The molecule has 1 N–H and O–H groups in total. The molecule has 0 amide bonds. The molecular weight excluding hydrogens is 188 g/mol. The van der Waals surface area contributed by atoms with Crippen molar-refractivity contribution in [1.29, 1.82) is 0 Å². The van der Waals surface area contributed by atoms with Crippen molar-refractivity contribution in [2.75, 3.05) is 11.9 Å². The molecule has 1 fully saturated rings. The first-order chi connectivity index (χ1) is 7.38. The largest absolute Gasteiger partial charge is 0.489 e. The summed E-state index contributed by atoms with van der Waals surface area (Å²) in [6.45, 7) is 2.99. The third-order valence-corrected chi connectivity index (χ3v) is 2.70. The molecule has 0 radical (unpaired) electrons. The van der Waals surface area contributed by atoms with E-state index in [1.165, 1.54) is 25.7 Å². The van der Waals surface area contributed by atoms with E-state index in [-0.39, 0.29) is 0 Å². The average Bonchev–Trinajstić information content (AvgIpc) is 2.71. The highest BCUT2D eigenvalue weighted by Gasteiger charge is 2.16. The van der Waals surface area contributed by atoms with Gasteiger partial charge in [0.2, 0.25) is 0 Å². The molecule has 1 aromatic heterocycles. The van der Waals surface area contributed by atoms with Crippen molar-refractivity contribution >= 4 is 5.69 Å². The van der Waals surface area contributed by atoms with Gasteiger partial charge >= 0.3 is 0 Å². The maximum Gasteiger partial charge on any atom is 0.140 e. The van der Waals surface area contributed by atoms with Gasteiger partial charge in [-0.05, 0) is 32.6 Å². The minimum Gasteiger partial charge on any atom is -0.489 e. The van der Waals surface area contributed by atoms with Gasteiger partial charge in [-0.2, -0.15) is 0 Å². The lowest BCUT2D eigenvalue weighted by Gasteiger charge is -2.13. The highest BCUT2D eigenvalue weighted by Crippen LogP contribution is 2.24. The molecule has 0 atom stereocenters. The Bertz CT molecular complexity index is 308. The second-order valence-electron chi connectivity index (χ2n) is 3.96. The summed E-state index contributed by atoms with van der Waals surface area (Å²) >= 11 is 0. The van der Waals surface area contributed by atoms with Gasteiger partial charge in [0, 0.05) is 12.6 Å². The molecule has 82 valence electrons. The van der Waals surface area contributed by atoms with Gasteiger partial charge in [-0.3, -0.25) is 4.98 Å². The number of hydrogen-bond donors (Lipinski definition) is 1. The highest BCUT2D eigenvalue weighted by atomic mass is 16.5. The zero-order chi connectivity index (χ0) is 10.5. The first-order valence-electron chi connectivity index (χ1n) is 5.74. The molecular formula is C12H18N2O. The van der Waals surface area contributed by atoms with Crippen LogP contribution in [0.15, 0.2) is 18.5 Å². The van der Waals surface area contributed by atoms with Crippen molar-refractivity contribution in [3.63, 3.8) is 0 Å². The molecule has 0 saturated heterocycles. The standard InChI is InChI=1S/C12H18N2O/c1-2-14-10-7-12(9-13-8-10)15-11-5-3-4-6-11/h7-9,11,14H,2-6H2,1H3. The van der Waals surface area contributed by atoms with Crippen molar-refractivity contribution in [3.8, 4) is 5.75 Å². The van der Waals surface area contributed by atoms with E-state index in [4.69, 9.17) is 4.74 Å². The maximum absolute atomic E-state index is 5.86. The zero-order valence-electron chi connectivity index (χ0n) is 9.20. The van der Waals surface area contributed by atoms with Gasteiger partial charge in [-0.15, -0.1) is 0 Å². The molecule has 1 heterocycles. The van der Waals surface area contributed by atoms with E-state index in [9.17, 15) is 0 Å². The first-order valence-corrected chi connectivity index (χ1v) is 5.74. The second-order valence-corrected chi connectivity index (χ2v) is 3.96. The van der Waals surface area contributed by atoms with E-state index < -0.39 is 0 Å². The van der Waals surface area contributed by atoms with Crippen LogP contribution in [0, 0.1) is 0 Å². The quantitative estimate of drug-likeness (QED) is 0.822. The van der Waals surface area contributed by atoms with Crippen LogP contribution in [-0.2, 0) is 0 Å². The highest BCUT2D eigenvalue weighted by molar-refractivity contribution is 5.44.